The first-order valence-corrected chi connectivity index (χ1v) is 4.99. The van der Waals surface area contributed by atoms with Gasteiger partial charge in [-0.25, -0.2) is 0 Å². The van der Waals surface area contributed by atoms with E-state index in [9.17, 15) is 0 Å². The molecule has 0 saturated carbocycles. The van der Waals surface area contributed by atoms with Crippen LogP contribution in [0.5, 0.6) is 0 Å². The van der Waals surface area contributed by atoms with E-state index < -0.39 is 0 Å². The molecule has 13 heavy (non-hydrogen) atoms. The molecule has 0 amide bonds. The second-order valence-electron chi connectivity index (χ2n) is 3.48. The highest BCUT2D eigenvalue weighted by Crippen LogP contribution is 2.13. The normalized spacial score (nSPS) is 13.2. The van der Waals surface area contributed by atoms with Crippen LogP contribution < -0.4 is 5.32 Å². The molecule has 74 valence electrons. The fourth-order valence-corrected chi connectivity index (χ4v) is 1.40. The predicted molar refractivity (Wildman–Crippen MR) is 54.7 cm³/mol. The van der Waals surface area contributed by atoms with Gasteiger partial charge < -0.3 is 5.32 Å². The van der Waals surface area contributed by atoms with Gasteiger partial charge in [0.2, 0.25) is 0 Å². The molecule has 1 atom stereocenters. The van der Waals surface area contributed by atoms with Gasteiger partial charge in [-0.2, -0.15) is 5.10 Å². The zero-order valence-electron chi connectivity index (χ0n) is 8.72. The van der Waals surface area contributed by atoms with Gasteiger partial charge in [-0.3, -0.25) is 5.10 Å². The molecule has 0 aliphatic rings. The summed E-state index contributed by atoms with van der Waals surface area (Å²) in [5.74, 6) is 0. The van der Waals surface area contributed by atoms with Gasteiger partial charge >= 0.3 is 0 Å². The first-order valence-electron chi connectivity index (χ1n) is 4.99. The van der Waals surface area contributed by atoms with Crippen LogP contribution >= 0.6 is 0 Å². The maximum Gasteiger partial charge on any atom is 0.0537 e. The quantitative estimate of drug-likeness (QED) is 0.683. The SMILES string of the molecule is CCCCNC(C)c1cn[nH]c1C. The molecule has 3 heteroatoms. The number of rotatable bonds is 5. The van der Waals surface area contributed by atoms with Crippen LogP contribution in [-0.2, 0) is 0 Å². The Hall–Kier alpha value is -0.830. The molecule has 1 unspecified atom stereocenters. The van der Waals surface area contributed by atoms with Gasteiger partial charge in [0.1, 0.15) is 0 Å². The van der Waals surface area contributed by atoms with Gasteiger partial charge in [-0.1, -0.05) is 13.3 Å². The van der Waals surface area contributed by atoms with Gasteiger partial charge in [-0.05, 0) is 26.8 Å². The summed E-state index contributed by atoms with van der Waals surface area (Å²) < 4.78 is 0. The number of hydrogen-bond donors (Lipinski definition) is 2. The molecule has 1 aromatic rings. The molecule has 1 rings (SSSR count). The Bertz CT molecular complexity index is 242. The maximum atomic E-state index is 4.01. The number of aryl methyl sites for hydroxylation is 1. The lowest BCUT2D eigenvalue weighted by atomic mass is 10.1. The van der Waals surface area contributed by atoms with E-state index in [4.69, 9.17) is 0 Å². The van der Waals surface area contributed by atoms with Crippen LogP contribution in [-0.4, -0.2) is 16.7 Å². The molecule has 0 bridgehead atoms. The number of nitrogens with one attached hydrogen (secondary N) is 2. The van der Waals surface area contributed by atoms with Crippen LogP contribution in [0, 0.1) is 6.92 Å². The summed E-state index contributed by atoms with van der Waals surface area (Å²) >= 11 is 0. The highest BCUT2D eigenvalue weighted by atomic mass is 15.1. The van der Waals surface area contributed by atoms with Gasteiger partial charge in [0.15, 0.2) is 0 Å². The Balaban J connectivity index is 2.39. The summed E-state index contributed by atoms with van der Waals surface area (Å²) in [6.45, 7) is 7.52. The minimum absolute atomic E-state index is 0.408. The third kappa shape index (κ3) is 2.84. The van der Waals surface area contributed by atoms with E-state index in [1.165, 1.54) is 18.4 Å². The predicted octanol–water partition coefficient (Wildman–Crippen LogP) is 2.17. The van der Waals surface area contributed by atoms with Crippen molar-refractivity contribution in [1.82, 2.24) is 15.5 Å². The molecule has 0 aromatic carbocycles. The van der Waals surface area contributed by atoms with Crippen LogP contribution in [0.3, 0.4) is 0 Å². The molecular formula is C10H19N3. The Labute approximate surface area is 79.9 Å². The van der Waals surface area contributed by atoms with Crippen LogP contribution in [0.25, 0.3) is 0 Å². The first kappa shape index (κ1) is 10.3. The first-order chi connectivity index (χ1) is 6.25. The topological polar surface area (TPSA) is 40.7 Å². The van der Waals surface area contributed by atoms with Crippen molar-refractivity contribution < 1.29 is 0 Å². The van der Waals surface area contributed by atoms with Crippen molar-refractivity contribution in [1.29, 1.82) is 0 Å². The average molecular weight is 181 g/mol. The van der Waals surface area contributed by atoms with Crippen molar-refractivity contribution in [2.24, 2.45) is 0 Å². The lowest BCUT2D eigenvalue weighted by Gasteiger charge is -2.12. The third-order valence-corrected chi connectivity index (χ3v) is 2.32. The van der Waals surface area contributed by atoms with Gasteiger partial charge in [-0.15, -0.1) is 0 Å². The molecule has 0 aliphatic heterocycles. The van der Waals surface area contributed by atoms with E-state index in [0.29, 0.717) is 6.04 Å². The molecule has 1 heterocycles. The van der Waals surface area contributed by atoms with Crippen molar-refractivity contribution in [3.8, 4) is 0 Å². The zero-order chi connectivity index (χ0) is 9.68. The minimum atomic E-state index is 0.408. The summed E-state index contributed by atoms with van der Waals surface area (Å²) in [5.41, 5.74) is 2.44. The van der Waals surface area contributed by atoms with Crippen molar-refractivity contribution in [2.45, 2.75) is 39.7 Å². The van der Waals surface area contributed by atoms with Crippen LogP contribution in [0.2, 0.25) is 0 Å². The second kappa shape index (κ2) is 5.02. The molecule has 0 spiro atoms. The molecule has 2 N–H and O–H groups in total. The molecule has 0 saturated heterocycles. The van der Waals surface area contributed by atoms with Crippen LogP contribution in [0.4, 0.5) is 0 Å². The van der Waals surface area contributed by atoms with E-state index in [2.05, 4.69) is 36.3 Å². The Morgan fingerprint density at radius 3 is 2.92 bits per heavy atom. The second-order valence-corrected chi connectivity index (χ2v) is 3.48. The smallest absolute Gasteiger partial charge is 0.0537 e. The average Bonchev–Trinajstić information content (AvgIpc) is 2.52. The van der Waals surface area contributed by atoms with Crippen molar-refractivity contribution in [2.75, 3.05) is 6.54 Å². The maximum absolute atomic E-state index is 4.01. The Kier molecular flexibility index (Phi) is 3.96. The van der Waals surface area contributed by atoms with Gasteiger partial charge in [0.05, 0.1) is 6.20 Å². The van der Waals surface area contributed by atoms with E-state index >= 15 is 0 Å². The highest BCUT2D eigenvalue weighted by Gasteiger charge is 2.08. The standard InChI is InChI=1S/C10H19N3/c1-4-5-6-11-8(2)10-7-12-13-9(10)3/h7-8,11H,4-6H2,1-3H3,(H,12,13). The lowest BCUT2D eigenvalue weighted by Crippen LogP contribution is -2.19. The van der Waals surface area contributed by atoms with Gasteiger partial charge in [0, 0.05) is 17.3 Å². The van der Waals surface area contributed by atoms with Crippen molar-refractivity contribution in [3.05, 3.63) is 17.5 Å². The number of aromatic nitrogens is 2. The Morgan fingerprint density at radius 1 is 1.62 bits per heavy atom. The van der Waals surface area contributed by atoms with E-state index in [-0.39, 0.29) is 0 Å². The van der Waals surface area contributed by atoms with E-state index in [1.807, 2.05) is 6.20 Å². The molecular weight excluding hydrogens is 162 g/mol. The lowest BCUT2D eigenvalue weighted by molar-refractivity contribution is 0.553. The molecule has 3 nitrogen and oxygen atoms in total. The van der Waals surface area contributed by atoms with Crippen molar-refractivity contribution >= 4 is 0 Å². The summed E-state index contributed by atoms with van der Waals surface area (Å²) in [7, 11) is 0. The van der Waals surface area contributed by atoms with E-state index in [0.717, 1.165) is 12.2 Å². The molecule has 0 aliphatic carbocycles. The molecule has 0 fully saturated rings. The largest absolute Gasteiger partial charge is 0.310 e. The fraction of sp³-hybridized carbons (Fsp3) is 0.700. The Morgan fingerprint density at radius 2 is 2.38 bits per heavy atom. The van der Waals surface area contributed by atoms with Crippen LogP contribution in [0.1, 0.15) is 44.0 Å². The number of unbranched alkanes of at least 4 members (excludes halogenated alkanes) is 1. The molecule has 0 radical (unpaired) electrons. The summed E-state index contributed by atoms with van der Waals surface area (Å²) in [4.78, 5) is 0. The van der Waals surface area contributed by atoms with E-state index in [1.54, 1.807) is 0 Å². The summed E-state index contributed by atoms with van der Waals surface area (Å²) in [5, 5.41) is 10.4. The number of H-pyrrole nitrogens is 1. The summed E-state index contributed by atoms with van der Waals surface area (Å²) in [6, 6.07) is 0.408. The summed E-state index contributed by atoms with van der Waals surface area (Å²) in [6.07, 6.45) is 4.38. The minimum Gasteiger partial charge on any atom is -0.310 e. The van der Waals surface area contributed by atoms with Crippen molar-refractivity contribution in [3.63, 3.8) is 0 Å². The van der Waals surface area contributed by atoms with Gasteiger partial charge in [0.25, 0.3) is 0 Å². The fourth-order valence-electron chi connectivity index (χ4n) is 1.40. The highest BCUT2D eigenvalue weighted by molar-refractivity contribution is 5.18. The van der Waals surface area contributed by atoms with Crippen LogP contribution in [0.15, 0.2) is 6.20 Å². The number of nitrogens with zero attached hydrogens (tertiary/aromatic N) is 1. The monoisotopic (exact) mass is 181 g/mol. The number of aromatic amines is 1. The molecule has 1 aromatic heterocycles. The third-order valence-electron chi connectivity index (χ3n) is 2.32. The number of hydrogen-bond acceptors (Lipinski definition) is 2. The zero-order valence-corrected chi connectivity index (χ0v) is 8.72.